The van der Waals surface area contributed by atoms with Gasteiger partial charge in [-0.3, -0.25) is 14.2 Å². The van der Waals surface area contributed by atoms with Crippen LogP contribution in [0.4, 0.5) is 8.78 Å². The molecule has 138 valence electrons. The lowest BCUT2D eigenvalue weighted by Gasteiger charge is -2.10. The van der Waals surface area contributed by atoms with Crippen LogP contribution in [0.25, 0.3) is 23.1 Å². The summed E-state index contributed by atoms with van der Waals surface area (Å²) in [5, 5.41) is 9.25. The van der Waals surface area contributed by atoms with Gasteiger partial charge in [0.15, 0.2) is 11.6 Å². The van der Waals surface area contributed by atoms with Crippen molar-refractivity contribution in [2.75, 3.05) is 0 Å². The summed E-state index contributed by atoms with van der Waals surface area (Å²) in [6, 6.07) is 10.3. The van der Waals surface area contributed by atoms with Crippen molar-refractivity contribution in [3.8, 4) is 0 Å². The SMILES string of the molecule is O=C(O)CCCn1c(/C=C/c2ccc(F)c(F)c2)nc2ccccc2c1=O. The number of aliphatic carboxylic acids is 1. The third kappa shape index (κ3) is 4.25. The van der Waals surface area contributed by atoms with E-state index in [1.807, 2.05) is 0 Å². The van der Waals surface area contributed by atoms with Crippen molar-refractivity contribution in [2.24, 2.45) is 0 Å². The Kier molecular flexibility index (Phi) is 5.40. The van der Waals surface area contributed by atoms with Gasteiger partial charge in [-0.2, -0.15) is 0 Å². The van der Waals surface area contributed by atoms with E-state index in [0.29, 0.717) is 22.3 Å². The molecule has 0 unspecified atom stereocenters. The molecule has 0 radical (unpaired) electrons. The minimum Gasteiger partial charge on any atom is -0.481 e. The van der Waals surface area contributed by atoms with Crippen LogP contribution in [0.5, 0.6) is 0 Å². The normalized spacial score (nSPS) is 11.3. The van der Waals surface area contributed by atoms with E-state index in [9.17, 15) is 18.4 Å². The molecule has 1 N–H and O–H groups in total. The minimum atomic E-state index is -0.970. The third-order valence-corrected chi connectivity index (χ3v) is 4.03. The average molecular weight is 370 g/mol. The van der Waals surface area contributed by atoms with E-state index >= 15 is 0 Å². The molecule has 3 aromatic rings. The van der Waals surface area contributed by atoms with Crippen LogP contribution in [0.3, 0.4) is 0 Å². The number of hydrogen-bond acceptors (Lipinski definition) is 3. The number of rotatable bonds is 6. The Bertz CT molecular complexity index is 1090. The van der Waals surface area contributed by atoms with Crippen molar-refractivity contribution in [2.45, 2.75) is 19.4 Å². The zero-order valence-electron chi connectivity index (χ0n) is 14.2. The molecule has 0 amide bonds. The lowest BCUT2D eigenvalue weighted by molar-refractivity contribution is -0.137. The van der Waals surface area contributed by atoms with Gasteiger partial charge in [0.25, 0.3) is 5.56 Å². The molecular formula is C20H16F2N2O3. The summed E-state index contributed by atoms with van der Waals surface area (Å²) in [5.41, 5.74) is 0.631. The van der Waals surface area contributed by atoms with Gasteiger partial charge in [0.1, 0.15) is 5.82 Å². The Labute approximate surface area is 153 Å². The first-order valence-corrected chi connectivity index (χ1v) is 8.30. The Hall–Kier alpha value is -3.35. The van der Waals surface area contributed by atoms with Crippen molar-refractivity contribution in [3.05, 3.63) is 75.8 Å². The molecule has 0 bridgehead atoms. The predicted molar refractivity (Wildman–Crippen MR) is 98.2 cm³/mol. The Balaban J connectivity index is 2.03. The summed E-state index contributed by atoms with van der Waals surface area (Å²) < 4.78 is 27.8. The van der Waals surface area contributed by atoms with Crippen molar-refractivity contribution in [1.82, 2.24) is 9.55 Å². The molecule has 0 saturated carbocycles. The first-order chi connectivity index (χ1) is 13.0. The fourth-order valence-electron chi connectivity index (χ4n) is 2.70. The Morgan fingerprint density at radius 2 is 1.89 bits per heavy atom. The number of halogens is 2. The van der Waals surface area contributed by atoms with Gasteiger partial charge in [-0.05, 0) is 42.3 Å². The highest BCUT2D eigenvalue weighted by molar-refractivity contribution is 5.79. The summed E-state index contributed by atoms with van der Waals surface area (Å²) in [4.78, 5) is 28.0. The molecular weight excluding hydrogens is 354 g/mol. The fraction of sp³-hybridized carbons (Fsp3) is 0.150. The number of carboxylic acid groups (broad SMARTS) is 1. The van der Waals surface area contributed by atoms with Crippen LogP contribution in [0.15, 0.2) is 47.3 Å². The highest BCUT2D eigenvalue weighted by Crippen LogP contribution is 2.14. The third-order valence-electron chi connectivity index (χ3n) is 4.03. The number of para-hydroxylation sites is 1. The maximum atomic E-state index is 13.4. The van der Waals surface area contributed by atoms with Gasteiger partial charge in [-0.1, -0.05) is 24.3 Å². The second-order valence-electron chi connectivity index (χ2n) is 5.95. The molecule has 7 heteroatoms. The van der Waals surface area contributed by atoms with E-state index in [1.165, 1.54) is 22.8 Å². The van der Waals surface area contributed by atoms with Crippen LogP contribution in [0.1, 0.15) is 24.2 Å². The highest BCUT2D eigenvalue weighted by atomic mass is 19.2. The molecule has 0 fully saturated rings. The molecule has 3 rings (SSSR count). The Morgan fingerprint density at radius 3 is 2.63 bits per heavy atom. The minimum absolute atomic E-state index is 0.0778. The summed E-state index contributed by atoms with van der Waals surface area (Å²) in [7, 11) is 0. The van der Waals surface area contributed by atoms with Crippen molar-refractivity contribution in [1.29, 1.82) is 0 Å². The van der Waals surface area contributed by atoms with Crippen molar-refractivity contribution < 1.29 is 18.7 Å². The van der Waals surface area contributed by atoms with E-state index in [1.54, 1.807) is 24.3 Å². The maximum absolute atomic E-state index is 13.4. The molecule has 0 atom stereocenters. The van der Waals surface area contributed by atoms with Gasteiger partial charge in [-0.15, -0.1) is 0 Å². The van der Waals surface area contributed by atoms with Crippen LogP contribution in [0, 0.1) is 11.6 Å². The molecule has 1 aromatic heterocycles. The lowest BCUT2D eigenvalue weighted by atomic mass is 10.2. The molecule has 0 saturated heterocycles. The first-order valence-electron chi connectivity index (χ1n) is 8.30. The van der Waals surface area contributed by atoms with Gasteiger partial charge in [0, 0.05) is 13.0 Å². The van der Waals surface area contributed by atoms with Crippen LogP contribution in [-0.4, -0.2) is 20.6 Å². The average Bonchev–Trinajstić information content (AvgIpc) is 2.64. The van der Waals surface area contributed by atoms with E-state index in [4.69, 9.17) is 5.11 Å². The number of hydrogen-bond donors (Lipinski definition) is 1. The maximum Gasteiger partial charge on any atom is 0.303 e. The predicted octanol–water partition coefficient (Wildman–Crippen LogP) is 3.71. The topological polar surface area (TPSA) is 72.2 Å². The largest absolute Gasteiger partial charge is 0.481 e. The Morgan fingerprint density at radius 1 is 1.11 bits per heavy atom. The van der Waals surface area contributed by atoms with Gasteiger partial charge in [-0.25, -0.2) is 13.8 Å². The second kappa shape index (κ2) is 7.90. The van der Waals surface area contributed by atoms with Crippen LogP contribution in [-0.2, 0) is 11.3 Å². The zero-order chi connectivity index (χ0) is 19.4. The molecule has 27 heavy (non-hydrogen) atoms. The highest BCUT2D eigenvalue weighted by Gasteiger charge is 2.10. The molecule has 1 heterocycles. The second-order valence-corrected chi connectivity index (χ2v) is 5.95. The zero-order valence-corrected chi connectivity index (χ0v) is 14.2. The summed E-state index contributed by atoms with van der Waals surface area (Å²) >= 11 is 0. The van der Waals surface area contributed by atoms with Gasteiger partial charge >= 0.3 is 5.97 Å². The van der Waals surface area contributed by atoms with Crippen LogP contribution >= 0.6 is 0 Å². The number of nitrogens with zero attached hydrogens (tertiary/aromatic N) is 2. The summed E-state index contributed by atoms with van der Waals surface area (Å²) in [6.07, 6.45) is 3.24. The van der Waals surface area contributed by atoms with Gasteiger partial charge in [0.05, 0.1) is 10.9 Å². The quantitative estimate of drug-likeness (QED) is 0.718. The van der Waals surface area contributed by atoms with Crippen molar-refractivity contribution in [3.63, 3.8) is 0 Å². The van der Waals surface area contributed by atoms with Crippen molar-refractivity contribution >= 4 is 29.0 Å². The number of aromatic nitrogens is 2. The van der Waals surface area contributed by atoms with E-state index < -0.39 is 17.6 Å². The number of carboxylic acids is 1. The first kappa shape index (κ1) is 18.4. The number of carbonyl (C=O) groups is 1. The lowest BCUT2D eigenvalue weighted by Crippen LogP contribution is -2.24. The van der Waals surface area contributed by atoms with Gasteiger partial charge in [0.2, 0.25) is 0 Å². The monoisotopic (exact) mass is 370 g/mol. The van der Waals surface area contributed by atoms with Gasteiger partial charge < -0.3 is 5.11 Å². The van der Waals surface area contributed by atoms with E-state index in [2.05, 4.69) is 4.98 Å². The van der Waals surface area contributed by atoms with Crippen LogP contribution < -0.4 is 5.56 Å². The molecule has 0 aliphatic carbocycles. The summed E-state index contributed by atoms with van der Waals surface area (Å²) in [6.45, 7) is 0.181. The summed E-state index contributed by atoms with van der Waals surface area (Å²) in [5.74, 6) is -2.55. The molecule has 0 aliphatic heterocycles. The van der Waals surface area contributed by atoms with Crippen LogP contribution in [0.2, 0.25) is 0 Å². The molecule has 0 aliphatic rings. The molecule has 0 spiro atoms. The standard InChI is InChI=1S/C20H16F2N2O3/c21-15-9-7-13(12-16(15)22)8-10-18-23-17-5-2-1-4-14(17)20(27)24(18)11-3-6-19(25)26/h1-2,4-5,7-10,12H,3,6,11H2,(H,25,26)/b10-8+. The number of benzene rings is 2. The molecule has 5 nitrogen and oxygen atoms in total. The fourth-order valence-corrected chi connectivity index (χ4v) is 2.70. The smallest absolute Gasteiger partial charge is 0.303 e. The molecule has 2 aromatic carbocycles. The number of fused-ring (bicyclic) bond motifs is 1. The van der Waals surface area contributed by atoms with E-state index in [0.717, 1.165) is 12.1 Å². The van der Waals surface area contributed by atoms with E-state index in [-0.39, 0.29) is 24.9 Å².